The van der Waals surface area contributed by atoms with E-state index < -0.39 is 0 Å². The van der Waals surface area contributed by atoms with Crippen molar-refractivity contribution in [2.24, 2.45) is 0 Å². The van der Waals surface area contributed by atoms with Crippen molar-refractivity contribution >= 4 is 11.4 Å². The van der Waals surface area contributed by atoms with Gasteiger partial charge in [0, 0.05) is 56.2 Å². The molecule has 2 heterocycles. The van der Waals surface area contributed by atoms with Gasteiger partial charge in [-0.2, -0.15) is 5.10 Å². The van der Waals surface area contributed by atoms with Crippen molar-refractivity contribution < 1.29 is 4.92 Å². The molecule has 0 atom stereocenters. The van der Waals surface area contributed by atoms with Crippen molar-refractivity contribution in [1.82, 2.24) is 15.1 Å². The molecule has 2 aromatic rings. The van der Waals surface area contributed by atoms with Crippen LogP contribution in [0, 0.1) is 17.0 Å². The van der Waals surface area contributed by atoms with Crippen molar-refractivity contribution in [1.29, 1.82) is 0 Å². The normalized spacial score (nSPS) is 16.0. The molecular weight excluding hydrogens is 282 g/mol. The minimum absolute atomic E-state index is 0.145. The lowest BCUT2D eigenvalue weighted by Gasteiger charge is -2.35. The molecule has 116 valence electrons. The van der Waals surface area contributed by atoms with Crippen molar-refractivity contribution in [2.45, 2.75) is 13.5 Å². The maximum absolute atomic E-state index is 10.9. The summed E-state index contributed by atoms with van der Waals surface area (Å²) in [6.07, 6.45) is 0. The van der Waals surface area contributed by atoms with Gasteiger partial charge >= 0.3 is 0 Å². The Bertz CT molecular complexity index is 661. The second kappa shape index (κ2) is 6.15. The number of aromatic nitrogens is 2. The third-order valence-corrected chi connectivity index (χ3v) is 3.92. The Labute approximate surface area is 128 Å². The lowest BCUT2D eigenvalue weighted by Crippen LogP contribution is -2.46. The molecule has 0 aliphatic carbocycles. The summed E-state index contributed by atoms with van der Waals surface area (Å²) in [5.74, 6) is 0. The van der Waals surface area contributed by atoms with Crippen LogP contribution in [0.4, 0.5) is 11.4 Å². The number of H-pyrrole nitrogens is 1. The first-order chi connectivity index (χ1) is 10.6. The van der Waals surface area contributed by atoms with Gasteiger partial charge in [0.1, 0.15) is 0 Å². The fourth-order valence-corrected chi connectivity index (χ4v) is 2.75. The highest BCUT2D eigenvalue weighted by atomic mass is 16.6. The molecule has 0 unspecified atom stereocenters. The van der Waals surface area contributed by atoms with Gasteiger partial charge in [-0.3, -0.25) is 20.1 Å². The van der Waals surface area contributed by atoms with E-state index in [1.54, 1.807) is 12.1 Å². The van der Waals surface area contributed by atoms with Gasteiger partial charge in [0.25, 0.3) is 5.69 Å². The summed E-state index contributed by atoms with van der Waals surface area (Å²) >= 11 is 0. The highest BCUT2D eigenvalue weighted by Crippen LogP contribution is 2.22. The molecule has 1 saturated heterocycles. The summed E-state index contributed by atoms with van der Waals surface area (Å²) in [5.41, 5.74) is 3.20. The first kappa shape index (κ1) is 14.5. The van der Waals surface area contributed by atoms with E-state index in [2.05, 4.69) is 26.1 Å². The SMILES string of the molecule is Cc1cc(CN2CCN(c3cccc([N+](=O)[O-])c3)CC2)n[nH]1. The zero-order chi connectivity index (χ0) is 15.5. The van der Waals surface area contributed by atoms with Crippen molar-refractivity contribution in [3.8, 4) is 0 Å². The molecule has 0 bridgehead atoms. The van der Waals surface area contributed by atoms with Gasteiger partial charge in [0.05, 0.1) is 10.6 Å². The molecule has 1 aromatic carbocycles. The number of nitrogens with one attached hydrogen (secondary N) is 1. The molecule has 22 heavy (non-hydrogen) atoms. The quantitative estimate of drug-likeness (QED) is 0.690. The van der Waals surface area contributed by atoms with Crippen LogP contribution in [0.1, 0.15) is 11.4 Å². The predicted molar refractivity (Wildman–Crippen MR) is 83.9 cm³/mol. The standard InChI is InChI=1S/C15H19N5O2/c1-12-9-13(17-16-12)11-18-5-7-19(8-6-18)14-3-2-4-15(10-14)20(21)22/h2-4,9-10H,5-8,11H2,1H3,(H,16,17). The Balaban J connectivity index is 1.59. The minimum atomic E-state index is -0.348. The van der Waals surface area contributed by atoms with Crippen LogP contribution < -0.4 is 4.90 Å². The highest BCUT2D eigenvalue weighted by Gasteiger charge is 2.19. The number of rotatable bonds is 4. The number of benzene rings is 1. The second-order valence-corrected chi connectivity index (χ2v) is 5.58. The van der Waals surface area contributed by atoms with E-state index in [-0.39, 0.29) is 10.6 Å². The van der Waals surface area contributed by atoms with Crippen LogP contribution in [0.3, 0.4) is 0 Å². The topological polar surface area (TPSA) is 78.3 Å². The van der Waals surface area contributed by atoms with Gasteiger partial charge < -0.3 is 4.90 Å². The molecule has 1 aromatic heterocycles. The van der Waals surface area contributed by atoms with E-state index in [0.29, 0.717) is 0 Å². The van der Waals surface area contributed by atoms with Crippen LogP contribution in [0.15, 0.2) is 30.3 Å². The maximum Gasteiger partial charge on any atom is 0.271 e. The van der Waals surface area contributed by atoms with Crippen LogP contribution >= 0.6 is 0 Å². The Morgan fingerprint density at radius 1 is 1.27 bits per heavy atom. The number of piperazine rings is 1. The first-order valence-electron chi connectivity index (χ1n) is 7.34. The molecule has 1 aliphatic rings. The molecule has 1 aliphatic heterocycles. The van der Waals surface area contributed by atoms with Gasteiger partial charge in [0.2, 0.25) is 0 Å². The Kier molecular flexibility index (Phi) is 4.06. The predicted octanol–water partition coefficient (Wildman–Crippen LogP) is 1.95. The zero-order valence-electron chi connectivity index (χ0n) is 12.5. The molecule has 3 rings (SSSR count). The van der Waals surface area contributed by atoms with E-state index >= 15 is 0 Å². The van der Waals surface area contributed by atoms with Crippen LogP contribution in [0.25, 0.3) is 0 Å². The van der Waals surface area contributed by atoms with Crippen molar-refractivity contribution in [2.75, 3.05) is 31.1 Å². The summed E-state index contributed by atoms with van der Waals surface area (Å²) in [6, 6.07) is 8.91. The zero-order valence-corrected chi connectivity index (χ0v) is 12.5. The summed E-state index contributed by atoms with van der Waals surface area (Å²) in [4.78, 5) is 15.1. The van der Waals surface area contributed by atoms with Gasteiger partial charge in [-0.15, -0.1) is 0 Å². The van der Waals surface area contributed by atoms with Gasteiger partial charge in [-0.05, 0) is 19.1 Å². The van der Waals surface area contributed by atoms with Gasteiger partial charge in [-0.25, -0.2) is 0 Å². The molecule has 0 saturated carbocycles. The lowest BCUT2D eigenvalue weighted by atomic mass is 10.2. The summed E-state index contributed by atoms with van der Waals surface area (Å²) in [6.45, 7) is 6.42. The van der Waals surface area contributed by atoms with E-state index in [1.807, 2.05) is 13.0 Å². The second-order valence-electron chi connectivity index (χ2n) is 5.58. The van der Waals surface area contributed by atoms with Crippen LogP contribution in [-0.2, 0) is 6.54 Å². The molecule has 1 fully saturated rings. The largest absolute Gasteiger partial charge is 0.369 e. The highest BCUT2D eigenvalue weighted by molar-refractivity contribution is 5.53. The Morgan fingerprint density at radius 2 is 2.05 bits per heavy atom. The van der Waals surface area contributed by atoms with Gasteiger partial charge in [-0.1, -0.05) is 6.07 Å². The number of nitro benzene ring substituents is 1. The number of hydrogen-bond acceptors (Lipinski definition) is 5. The van der Waals surface area contributed by atoms with Crippen molar-refractivity contribution in [3.63, 3.8) is 0 Å². The van der Waals surface area contributed by atoms with Crippen LogP contribution in [-0.4, -0.2) is 46.2 Å². The average molecular weight is 301 g/mol. The number of hydrogen-bond donors (Lipinski definition) is 1. The third-order valence-electron chi connectivity index (χ3n) is 3.92. The van der Waals surface area contributed by atoms with Crippen LogP contribution in [0.2, 0.25) is 0 Å². The summed E-state index contributed by atoms with van der Waals surface area (Å²) in [5, 5.41) is 18.1. The van der Waals surface area contributed by atoms with E-state index in [9.17, 15) is 10.1 Å². The Hall–Kier alpha value is -2.41. The summed E-state index contributed by atoms with van der Waals surface area (Å²) in [7, 11) is 0. The molecule has 7 nitrogen and oxygen atoms in total. The molecule has 0 radical (unpaired) electrons. The van der Waals surface area contributed by atoms with Crippen molar-refractivity contribution in [3.05, 3.63) is 51.8 Å². The monoisotopic (exact) mass is 301 g/mol. The minimum Gasteiger partial charge on any atom is -0.369 e. The first-order valence-corrected chi connectivity index (χ1v) is 7.34. The Morgan fingerprint density at radius 3 is 2.68 bits per heavy atom. The van der Waals surface area contributed by atoms with E-state index in [1.165, 1.54) is 6.07 Å². The molecular formula is C15H19N5O2. The number of nitro groups is 1. The number of anilines is 1. The van der Waals surface area contributed by atoms with E-state index in [0.717, 1.165) is 49.8 Å². The number of non-ortho nitro benzene ring substituents is 1. The molecule has 0 amide bonds. The molecule has 1 N–H and O–H groups in total. The molecule has 7 heteroatoms. The fourth-order valence-electron chi connectivity index (χ4n) is 2.75. The number of nitrogens with zero attached hydrogens (tertiary/aromatic N) is 4. The molecule has 0 spiro atoms. The smallest absolute Gasteiger partial charge is 0.271 e. The fraction of sp³-hybridized carbons (Fsp3) is 0.400. The average Bonchev–Trinajstić information content (AvgIpc) is 2.93. The van der Waals surface area contributed by atoms with E-state index in [4.69, 9.17) is 0 Å². The van der Waals surface area contributed by atoms with Crippen LogP contribution in [0.5, 0.6) is 0 Å². The summed E-state index contributed by atoms with van der Waals surface area (Å²) < 4.78 is 0. The maximum atomic E-state index is 10.9. The lowest BCUT2D eigenvalue weighted by molar-refractivity contribution is -0.384. The van der Waals surface area contributed by atoms with Gasteiger partial charge in [0.15, 0.2) is 0 Å². The number of aromatic amines is 1. The third kappa shape index (κ3) is 3.25. The number of aryl methyl sites for hydroxylation is 1.